The second-order valence-corrected chi connectivity index (χ2v) is 6.95. The number of nitrogens with zero attached hydrogens (tertiary/aromatic N) is 1. The molecule has 1 unspecified atom stereocenters. The zero-order valence-corrected chi connectivity index (χ0v) is 19.2. The Morgan fingerprint density at radius 3 is 2.31 bits per heavy atom. The molecule has 0 spiro atoms. The number of carbonyl (C=O) groups excluding carboxylic acids is 1. The van der Waals surface area contributed by atoms with E-state index < -0.39 is 17.6 Å². The molecule has 10 heteroatoms. The third-order valence-corrected chi connectivity index (χ3v) is 4.79. The van der Waals surface area contributed by atoms with Gasteiger partial charge in [0.1, 0.15) is 0 Å². The average molecular weight is 540 g/mol. The number of amides is 1. The highest BCUT2D eigenvalue weighted by Crippen LogP contribution is 2.29. The van der Waals surface area contributed by atoms with Gasteiger partial charge in [0, 0.05) is 32.2 Å². The molecular formula is C19H24F3IN4OS. The maximum absolute atomic E-state index is 12.5. The van der Waals surface area contributed by atoms with Crippen LogP contribution in [0.25, 0.3) is 0 Å². The van der Waals surface area contributed by atoms with Crippen molar-refractivity contribution in [1.29, 1.82) is 0 Å². The Hall–Kier alpha value is -1.82. The number of hydrogen-bond acceptors (Lipinski definition) is 3. The van der Waals surface area contributed by atoms with Crippen molar-refractivity contribution in [3.05, 3.63) is 57.8 Å². The molecule has 0 bridgehead atoms. The first-order chi connectivity index (χ1) is 13.3. The molecule has 1 aromatic carbocycles. The maximum atomic E-state index is 12.5. The minimum Gasteiger partial charge on any atom is -0.356 e. The highest BCUT2D eigenvalue weighted by Gasteiger charge is 2.30. The summed E-state index contributed by atoms with van der Waals surface area (Å²) in [6, 6.07) is 6.21. The van der Waals surface area contributed by atoms with Gasteiger partial charge in [-0.3, -0.25) is 9.79 Å². The predicted octanol–water partition coefficient (Wildman–Crippen LogP) is 4.08. The van der Waals surface area contributed by atoms with E-state index in [-0.39, 0.29) is 29.5 Å². The zero-order chi connectivity index (χ0) is 20.6. The van der Waals surface area contributed by atoms with Gasteiger partial charge in [-0.25, -0.2) is 0 Å². The summed E-state index contributed by atoms with van der Waals surface area (Å²) in [5.74, 6) is 0.527. The predicted molar refractivity (Wildman–Crippen MR) is 121 cm³/mol. The number of hydrogen-bond donors (Lipinski definition) is 3. The van der Waals surface area contributed by atoms with Crippen molar-refractivity contribution in [2.75, 3.05) is 26.7 Å². The van der Waals surface area contributed by atoms with Crippen molar-refractivity contribution in [3.8, 4) is 0 Å². The zero-order valence-electron chi connectivity index (χ0n) is 16.0. The Bertz CT molecular complexity index is 780. The number of halogens is 4. The van der Waals surface area contributed by atoms with Crippen molar-refractivity contribution >= 4 is 47.2 Å². The lowest BCUT2D eigenvalue weighted by Gasteiger charge is -2.15. The van der Waals surface area contributed by atoms with Gasteiger partial charge >= 0.3 is 6.18 Å². The molecule has 5 nitrogen and oxygen atoms in total. The Labute approximate surface area is 189 Å². The van der Waals surface area contributed by atoms with E-state index in [9.17, 15) is 18.0 Å². The molecule has 1 aromatic heterocycles. The summed E-state index contributed by atoms with van der Waals surface area (Å²) in [5.41, 5.74) is 0.661. The van der Waals surface area contributed by atoms with Gasteiger partial charge < -0.3 is 16.0 Å². The van der Waals surface area contributed by atoms with Gasteiger partial charge in [0.05, 0.1) is 5.56 Å². The van der Waals surface area contributed by atoms with Crippen LogP contribution in [-0.2, 0) is 6.18 Å². The second kappa shape index (κ2) is 12.0. The van der Waals surface area contributed by atoms with Crippen LogP contribution >= 0.6 is 35.3 Å². The molecule has 0 aliphatic heterocycles. The van der Waals surface area contributed by atoms with E-state index in [2.05, 4.69) is 39.3 Å². The summed E-state index contributed by atoms with van der Waals surface area (Å²) in [7, 11) is 1.66. The summed E-state index contributed by atoms with van der Waals surface area (Å²) >= 11 is 1.66. The second-order valence-electron chi connectivity index (χ2n) is 6.17. The number of aliphatic imine (C=N–C) groups is 1. The number of carbonyl (C=O) groups is 1. The molecule has 1 amide bonds. The molecule has 0 saturated carbocycles. The van der Waals surface area contributed by atoms with Crippen LogP contribution in [0.1, 0.15) is 34.3 Å². The van der Waals surface area contributed by atoms with Gasteiger partial charge in [-0.05, 0) is 52.6 Å². The van der Waals surface area contributed by atoms with Gasteiger partial charge in [0.25, 0.3) is 5.91 Å². The number of nitrogens with one attached hydrogen (secondary N) is 3. The van der Waals surface area contributed by atoms with Crippen LogP contribution in [0.15, 0.2) is 46.1 Å². The Morgan fingerprint density at radius 2 is 1.76 bits per heavy atom. The molecule has 1 heterocycles. The van der Waals surface area contributed by atoms with Gasteiger partial charge in [-0.1, -0.05) is 6.92 Å². The largest absolute Gasteiger partial charge is 0.416 e. The van der Waals surface area contributed by atoms with Gasteiger partial charge in [-0.15, -0.1) is 24.0 Å². The quantitative estimate of drug-likeness (QED) is 0.215. The molecule has 1 atom stereocenters. The van der Waals surface area contributed by atoms with Crippen molar-refractivity contribution in [1.82, 2.24) is 16.0 Å². The highest BCUT2D eigenvalue weighted by atomic mass is 127. The fraction of sp³-hybridized carbons (Fsp3) is 0.368. The molecule has 0 aliphatic carbocycles. The van der Waals surface area contributed by atoms with E-state index in [1.807, 2.05) is 5.38 Å². The van der Waals surface area contributed by atoms with E-state index in [1.54, 1.807) is 18.4 Å². The number of thiophene rings is 1. The van der Waals surface area contributed by atoms with E-state index >= 15 is 0 Å². The molecule has 2 rings (SSSR count). The maximum Gasteiger partial charge on any atom is 0.416 e. The van der Waals surface area contributed by atoms with E-state index in [0.29, 0.717) is 31.5 Å². The summed E-state index contributed by atoms with van der Waals surface area (Å²) in [4.78, 5) is 16.1. The van der Waals surface area contributed by atoms with Crippen LogP contribution in [0.2, 0.25) is 0 Å². The molecule has 2 aromatic rings. The molecule has 29 heavy (non-hydrogen) atoms. The monoisotopic (exact) mass is 540 g/mol. The summed E-state index contributed by atoms with van der Waals surface area (Å²) in [6.45, 7) is 3.57. The molecular weight excluding hydrogens is 516 g/mol. The Balaban J connectivity index is 0.00000420. The first-order valence-corrected chi connectivity index (χ1v) is 9.67. The highest BCUT2D eigenvalue weighted by molar-refractivity contribution is 14.0. The van der Waals surface area contributed by atoms with Crippen LogP contribution < -0.4 is 16.0 Å². The van der Waals surface area contributed by atoms with Crippen molar-refractivity contribution < 1.29 is 18.0 Å². The lowest BCUT2D eigenvalue weighted by molar-refractivity contribution is -0.137. The number of benzene rings is 1. The van der Waals surface area contributed by atoms with Gasteiger partial charge in [0.2, 0.25) is 0 Å². The van der Waals surface area contributed by atoms with E-state index in [0.717, 1.165) is 24.3 Å². The lowest BCUT2D eigenvalue weighted by atomic mass is 10.1. The summed E-state index contributed by atoms with van der Waals surface area (Å²) < 4.78 is 37.6. The standard InChI is InChI=1S/C19H23F3N4OS.HI/c1-13(15-7-10-28-12-15)11-26-18(23-2)25-9-8-24-17(27)14-3-5-16(6-4-14)19(20,21)22;/h3-7,10,12-13H,8-9,11H2,1-2H3,(H,24,27)(H2,23,25,26);1H. The molecule has 0 aliphatic rings. The van der Waals surface area contributed by atoms with Crippen molar-refractivity contribution in [2.24, 2.45) is 4.99 Å². The first kappa shape index (κ1) is 25.2. The fourth-order valence-electron chi connectivity index (χ4n) is 2.41. The van der Waals surface area contributed by atoms with Crippen molar-refractivity contribution in [3.63, 3.8) is 0 Å². The third kappa shape index (κ3) is 8.21. The summed E-state index contributed by atoms with van der Waals surface area (Å²) in [6.07, 6.45) is -4.41. The van der Waals surface area contributed by atoms with Crippen LogP contribution in [-0.4, -0.2) is 38.5 Å². The topological polar surface area (TPSA) is 65.5 Å². The van der Waals surface area contributed by atoms with Crippen LogP contribution in [0, 0.1) is 0 Å². The normalized spacial score (nSPS) is 12.7. The summed E-state index contributed by atoms with van der Waals surface area (Å²) in [5, 5.41) is 13.1. The average Bonchev–Trinajstić information content (AvgIpc) is 3.21. The van der Waals surface area contributed by atoms with Crippen LogP contribution in [0.5, 0.6) is 0 Å². The number of guanidine groups is 1. The first-order valence-electron chi connectivity index (χ1n) is 8.73. The molecule has 0 saturated heterocycles. The van der Waals surface area contributed by atoms with Gasteiger partial charge in [0.15, 0.2) is 5.96 Å². The Kier molecular flexibility index (Phi) is 10.4. The molecule has 3 N–H and O–H groups in total. The minimum absolute atomic E-state index is 0. The number of rotatable bonds is 7. The van der Waals surface area contributed by atoms with Crippen LogP contribution in [0.3, 0.4) is 0 Å². The minimum atomic E-state index is -4.41. The number of alkyl halides is 3. The lowest BCUT2D eigenvalue weighted by Crippen LogP contribution is -2.42. The fourth-order valence-corrected chi connectivity index (χ4v) is 3.20. The van der Waals surface area contributed by atoms with Crippen molar-refractivity contribution in [2.45, 2.75) is 19.0 Å². The molecule has 0 fully saturated rings. The smallest absolute Gasteiger partial charge is 0.356 e. The van der Waals surface area contributed by atoms with Gasteiger partial charge in [-0.2, -0.15) is 24.5 Å². The van der Waals surface area contributed by atoms with E-state index in [1.165, 1.54) is 5.56 Å². The van der Waals surface area contributed by atoms with E-state index in [4.69, 9.17) is 0 Å². The SMILES string of the molecule is CN=C(NCCNC(=O)c1ccc(C(F)(F)F)cc1)NCC(C)c1ccsc1.I. The molecule has 0 radical (unpaired) electrons. The third-order valence-electron chi connectivity index (χ3n) is 4.09. The van der Waals surface area contributed by atoms with Crippen LogP contribution in [0.4, 0.5) is 13.2 Å². The Morgan fingerprint density at radius 1 is 1.10 bits per heavy atom. The molecule has 160 valence electrons.